The number of benzene rings is 1. The zero-order valence-electron chi connectivity index (χ0n) is 10.3. The van der Waals surface area contributed by atoms with Crippen molar-refractivity contribution in [1.29, 1.82) is 0 Å². The highest BCUT2D eigenvalue weighted by Gasteiger charge is 2.21. The van der Waals surface area contributed by atoms with E-state index in [1.807, 2.05) is 0 Å². The highest BCUT2D eigenvalue weighted by molar-refractivity contribution is 5.56. The Bertz CT molecular complexity index is 525. The van der Waals surface area contributed by atoms with Gasteiger partial charge in [-0.25, -0.2) is 0 Å². The monoisotopic (exact) mass is 227 g/mol. The molecule has 0 spiro atoms. The van der Waals surface area contributed by atoms with Crippen LogP contribution in [-0.2, 0) is 6.42 Å². The Morgan fingerprint density at radius 2 is 1.94 bits per heavy atom. The Morgan fingerprint density at radius 3 is 2.71 bits per heavy atom. The Morgan fingerprint density at radius 1 is 1.18 bits per heavy atom. The van der Waals surface area contributed by atoms with Crippen LogP contribution in [0.3, 0.4) is 0 Å². The van der Waals surface area contributed by atoms with Crippen molar-refractivity contribution in [2.45, 2.75) is 39.2 Å². The van der Waals surface area contributed by atoms with Crippen molar-refractivity contribution < 1.29 is 0 Å². The molecule has 17 heavy (non-hydrogen) atoms. The normalized spacial score (nSPS) is 19.1. The molecule has 3 heteroatoms. The third-order valence-corrected chi connectivity index (χ3v) is 3.54. The van der Waals surface area contributed by atoms with Crippen LogP contribution in [0, 0.1) is 6.92 Å². The summed E-state index contributed by atoms with van der Waals surface area (Å²) in [7, 11) is 0. The largest absolute Gasteiger partial charge is 0.308 e. The first-order valence-corrected chi connectivity index (χ1v) is 6.26. The van der Waals surface area contributed by atoms with Crippen LogP contribution in [0.4, 0.5) is 0 Å². The van der Waals surface area contributed by atoms with Gasteiger partial charge in [-0.1, -0.05) is 29.8 Å². The Hall–Kier alpha value is -1.64. The molecule has 1 aliphatic rings. The lowest BCUT2D eigenvalue weighted by molar-refractivity contribution is 0.429. The Labute approximate surface area is 101 Å². The molecule has 0 bridgehead atoms. The zero-order valence-corrected chi connectivity index (χ0v) is 10.3. The van der Waals surface area contributed by atoms with Crippen LogP contribution in [0.2, 0.25) is 0 Å². The van der Waals surface area contributed by atoms with Crippen molar-refractivity contribution in [2.75, 3.05) is 0 Å². The molecule has 1 atom stereocenters. The van der Waals surface area contributed by atoms with E-state index in [4.69, 9.17) is 0 Å². The average molecular weight is 227 g/mol. The molecular weight excluding hydrogens is 210 g/mol. The minimum absolute atomic E-state index is 0.519. The Kier molecular flexibility index (Phi) is 2.46. The predicted octanol–water partition coefficient (Wildman–Crippen LogP) is 3.15. The lowest BCUT2D eigenvalue weighted by Crippen LogP contribution is -2.16. The first kappa shape index (κ1) is 10.5. The van der Waals surface area contributed by atoms with Gasteiger partial charge >= 0.3 is 0 Å². The van der Waals surface area contributed by atoms with Crippen molar-refractivity contribution in [2.24, 2.45) is 0 Å². The van der Waals surface area contributed by atoms with E-state index < -0.39 is 0 Å². The van der Waals surface area contributed by atoms with E-state index in [9.17, 15) is 0 Å². The summed E-state index contributed by atoms with van der Waals surface area (Å²) < 4.78 is 2.30. The van der Waals surface area contributed by atoms with Gasteiger partial charge in [-0.2, -0.15) is 0 Å². The van der Waals surface area contributed by atoms with E-state index in [0.717, 1.165) is 18.1 Å². The van der Waals surface area contributed by atoms with Gasteiger partial charge in [0.05, 0.1) is 0 Å². The van der Waals surface area contributed by atoms with E-state index in [-0.39, 0.29) is 0 Å². The van der Waals surface area contributed by atoms with Crippen LogP contribution in [0.15, 0.2) is 24.3 Å². The molecule has 1 aromatic heterocycles. The molecule has 88 valence electrons. The van der Waals surface area contributed by atoms with Crippen LogP contribution in [0.25, 0.3) is 11.4 Å². The first-order valence-electron chi connectivity index (χ1n) is 6.26. The molecular formula is C14H17N3. The molecule has 0 N–H and O–H groups in total. The minimum atomic E-state index is 0.519. The van der Waals surface area contributed by atoms with Crippen molar-refractivity contribution in [3.8, 4) is 11.4 Å². The summed E-state index contributed by atoms with van der Waals surface area (Å²) in [5.41, 5.74) is 2.45. The summed E-state index contributed by atoms with van der Waals surface area (Å²) in [6.07, 6.45) is 3.51. The lowest BCUT2D eigenvalue weighted by atomic mass is 10.0. The highest BCUT2D eigenvalue weighted by Crippen LogP contribution is 2.29. The Balaban J connectivity index is 2.09. The van der Waals surface area contributed by atoms with Crippen LogP contribution >= 0.6 is 0 Å². The fourth-order valence-electron chi connectivity index (χ4n) is 2.54. The number of nitrogens with zero attached hydrogens (tertiary/aromatic N) is 3. The SMILES string of the molecule is Cc1ccc(-c2nnc3n2C(C)CCC3)cc1. The van der Waals surface area contributed by atoms with E-state index in [0.29, 0.717) is 6.04 Å². The molecule has 0 aliphatic carbocycles. The first-order chi connectivity index (χ1) is 8.25. The summed E-state index contributed by atoms with van der Waals surface area (Å²) in [4.78, 5) is 0. The van der Waals surface area contributed by atoms with Gasteiger partial charge in [0.2, 0.25) is 0 Å². The van der Waals surface area contributed by atoms with Gasteiger partial charge in [0.1, 0.15) is 5.82 Å². The standard InChI is InChI=1S/C14H17N3/c1-10-6-8-12(9-7-10)14-16-15-13-5-3-4-11(2)17(13)14/h6-9,11H,3-5H2,1-2H3. The second kappa shape index (κ2) is 3.99. The number of aryl methyl sites for hydroxylation is 2. The zero-order chi connectivity index (χ0) is 11.8. The predicted molar refractivity (Wildman–Crippen MR) is 67.8 cm³/mol. The van der Waals surface area contributed by atoms with Crippen molar-refractivity contribution in [1.82, 2.24) is 14.8 Å². The second-order valence-electron chi connectivity index (χ2n) is 4.92. The maximum atomic E-state index is 4.36. The summed E-state index contributed by atoms with van der Waals surface area (Å²) in [5, 5.41) is 8.68. The van der Waals surface area contributed by atoms with E-state index >= 15 is 0 Å². The maximum absolute atomic E-state index is 4.36. The van der Waals surface area contributed by atoms with Gasteiger partial charge < -0.3 is 4.57 Å². The van der Waals surface area contributed by atoms with E-state index in [2.05, 4.69) is 52.9 Å². The van der Waals surface area contributed by atoms with Gasteiger partial charge in [0.25, 0.3) is 0 Å². The topological polar surface area (TPSA) is 30.7 Å². The fraction of sp³-hybridized carbons (Fsp3) is 0.429. The van der Waals surface area contributed by atoms with Crippen molar-refractivity contribution in [3.05, 3.63) is 35.7 Å². The number of rotatable bonds is 1. The van der Waals surface area contributed by atoms with Gasteiger partial charge in [0.15, 0.2) is 5.82 Å². The third-order valence-electron chi connectivity index (χ3n) is 3.54. The van der Waals surface area contributed by atoms with Gasteiger partial charge in [-0.15, -0.1) is 10.2 Å². The molecule has 0 amide bonds. The third kappa shape index (κ3) is 1.75. The van der Waals surface area contributed by atoms with Crippen molar-refractivity contribution in [3.63, 3.8) is 0 Å². The molecule has 1 aliphatic heterocycles. The van der Waals surface area contributed by atoms with Crippen LogP contribution in [0.1, 0.15) is 37.2 Å². The van der Waals surface area contributed by atoms with Crippen molar-refractivity contribution >= 4 is 0 Å². The molecule has 1 unspecified atom stereocenters. The molecule has 3 rings (SSSR count). The number of hydrogen-bond donors (Lipinski definition) is 0. The molecule has 3 nitrogen and oxygen atoms in total. The summed E-state index contributed by atoms with van der Waals surface area (Å²) in [6, 6.07) is 9.04. The van der Waals surface area contributed by atoms with E-state index in [1.165, 1.54) is 24.0 Å². The van der Waals surface area contributed by atoms with E-state index in [1.54, 1.807) is 0 Å². The average Bonchev–Trinajstić information content (AvgIpc) is 2.75. The quantitative estimate of drug-likeness (QED) is 0.749. The molecule has 2 aromatic rings. The molecule has 0 saturated heterocycles. The number of aromatic nitrogens is 3. The van der Waals surface area contributed by atoms with Gasteiger partial charge in [0, 0.05) is 18.0 Å². The minimum Gasteiger partial charge on any atom is -0.308 e. The van der Waals surface area contributed by atoms with Gasteiger partial charge in [-0.3, -0.25) is 0 Å². The molecule has 0 saturated carbocycles. The summed E-state index contributed by atoms with van der Waals surface area (Å²) >= 11 is 0. The lowest BCUT2D eigenvalue weighted by Gasteiger charge is -2.22. The maximum Gasteiger partial charge on any atom is 0.164 e. The van der Waals surface area contributed by atoms with Gasteiger partial charge in [-0.05, 0) is 26.7 Å². The molecule has 0 fully saturated rings. The smallest absolute Gasteiger partial charge is 0.164 e. The van der Waals surface area contributed by atoms with Crippen LogP contribution in [-0.4, -0.2) is 14.8 Å². The summed E-state index contributed by atoms with van der Waals surface area (Å²) in [6.45, 7) is 4.36. The summed E-state index contributed by atoms with van der Waals surface area (Å²) in [5.74, 6) is 2.16. The molecule has 0 radical (unpaired) electrons. The van der Waals surface area contributed by atoms with Crippen LogP contribution in [0.5, 0.6) is 0 Å². The highest BCUT2D eigenvalue weighted by atomic mass is 15.3. The fourth-order valence-corrected chi connectivity index (χ4v) is 2.54. The van der Waals surface area contributed by atoms with Crippen LogP contribution < -0.4 is 0 Å². The number of fused-ring (bicyclic) bond motifs is 1. The molecule has 1 aromatic carbocycles. The number of hydrogen-bond acceptors (Lipinski definition) is 2. The second-order valence-corrected chi connectivity index (χ2v) is 4.92. The molecule has 2 heterocycles.